The Morgan fingerprint density at radius 3 is 1.61 bits per heavy atom. The van der Waals surface area contributed by atoms with Crippen LogP contribution in [-0.4, -0.2) is 76.5 Å². The van der Waals surface area contributed by atoms with Gasteiger partial charge in [0.25, 0.3) is 0 Å². The monoisotopic (exact) mass is 394 g/mol. The van der Waals surface area contributed by atoms with Crippen molar-refractivity contribution in [2.75, 3.05) is 65.1 Å². The fraction of sp³-hybridized carbons (Fsp3) is 0.600. The summed E-state index contributed by atoms with van der Waals surface area (Å²) >= 11 is 0. The summed E-state index contributed by atoms with van der Waals surface area (Å²) in [6, 6.07) is 6.84. The van der Waals surface area contributed by atoms with Crippen molar-refractivity contribution < 1.29 is 19.1 Å². The average Bonchev–Trinajstić information content (AvgIpc) is 2.60. The predicted molar refractivity (Wildman–Crippen MR) is 112 cm³/mol. The number of anilines is 2. The highest BCUT2D eigenvalue weighted by atomic mass is 16.6. The maximum absolute atomic E-state index is 11.8. The zero-order valence-corrected chi connectivity index (χ0v) is 17.5. The van der Waals surface area contributed by atoms with Crippen LogP contribution in [0, 0.1) is 0 Å². The molecular weight excluding hydrogens is 360 g/mol. The smallest absolute Gasteiger partial charge is 0.411 e. The molecule has 0 saturated heterocycles. The fourth-order valence-corrected chi connectivity index (χ4v) is 2.37. The van der Waals surface area contributed by atoms with Gasteiger partial charge in [-0.25, -0.2) is 9.59 Å². The summed E-state index contributed by atoms with van der Waals surface area (Å²) < 4.78 is 10.3. The Morgan fingerprint density at radius 1 is 0.786 bits per heavy atom. The molecule has 8 nitrogen and oxygen atoms in total. The summed E-state index contributed by atoms with van der Waals surface area (Å²) in [6.07, 6.45) is 2.55. The number of nitrogens with one attached hydrogen (secondary N) is 2. The maximum atomic E-state index is 11.8. The van der Waals surface area contributed by atoms with Crippen LogP contribution >= 0.6 is 0 Å². The van der Waals surface area contributed by atoms with E-state index in [1.54, 1.807) is 24.3 Å². The topological polar surface area (TPSA) is 83.1 Å². The van der Waals surface area contributed by atoms with Crippen molar-refractivity contribution in [3.05, 3.63) is 24.3 Å². The van der Waals surface area contributed by atoms with Crippen LogP contribution in [0.2, 0.25) is 0 Å². The molecule has 0 aliphatic carbocycles. The predicted octanol–water partition coefficient (Wildman–Crippen LogP) is 3.47. The summed E-state index contributed by atoms with van der Waals surface area (Å²) in [5, 5.41) is 5.31. The highest BCUT2D eigenvalue weighted by molar-refractivity contribution is 5.88. The highest BCUT2D eigenvalue weighted by Crippen LogP contribution is 2.15. The van der Waals surface area contributed by atoms with Gasteiger partial charge < -0.3 is 19.3 Å². The molecular formula is C20H34N4O4. The first-order valence-electron chi connectivity index (χ1n) is 9.64. The van der Waals surface area contributed by atoms with Crippen molar-refractivity contribution in [2.24, 2.45) is 0 Å². The van der Waals surface area contributed by atoms with Gasteiger partial charge in [-0.15, -0.1) is 0 Å². The van der Waals surface area contributed by atoms with Crippen molar-refractivity contribution in [1.29, 1.82) is 0 Å². The molecule has 0 heterocycles. The van der Waals surface area contributed by atoms with Crippen LogP contribution in [0.4, 0.5) is 21.0 Å². The van der Waals surface area contributed by atoms with E-state index in [-0.39, 0.29) is 0 Å². The molecule has 0 bridgehead atoms. The van der Waals surface area contributed by atoms with Gasteiger partial charge in [-0.05, 0) is 85.2 Å². The van der Waals surface area contributed by atoms with Gasteiger partial charge >= 0.3 is 12.2 Å². The lowest BCUT2D eigenvalue weighted by Gasteiger charge is -2.11. The summed E-state index contributed by atoms with van der Waals surface area (Å²) in [5.74, 6) is 0. The molecule has 0 saturated carbocycles. The van der Waals surface area contributed by atoms with Crippen LogP contribution in [0.1, 0.15) is 25.7 Å². The molecule has 0 aliphatic heterocycles. The van der Waals surface area contributed by atoms with Crippen LogP contribution in [0.5, 0.6) is 0 Å². The van der Waals surface area contributed by atoms with Crippen LogP contribution in [-0.2, 0) is 9.47 Å². The number of hydrogen-bond donors (Lipinski definition) is 2. The second kappa shape index (κ2) is 13.8. The minimum absolute atomic E-state index is 0.373. The average molecular weight is 395 g/mol. The SMILES string of the molecule is CN(C)CCCCOC(=O)Nc1cccc(NC(=O)OCCCCN(C)C)c1. The number of rotatable bonds is 12. The van der Waals surface area contributed by atoms with Crippen molar-refractivity contribution in [3.8, 4) is 0 Å². The number of amides is 2. The molecule has 2 amide bonds. The van der Waals surface area contributed by atoms with E-state index in [2.05, 4.69) is 20.4 Å². The molecule has 0 radical (unpaired) electrons. The largest absolute Gasteiger partial charge is 0.449 e. The first-order chi connectivity index (χ1) is 13.4. The second-order valence-electron chi connectivity index (χ2n) is 7.12. The van der Waals surface area contributed by atoms with E-state index in [1.807, 2.05) is 28.2 Å². The minimum atomic E-state index is -0.509. The van der Waals surface area contributed by atoms with E-state index in [1.165, 1.54) is 0 Å². The normalized spacial score (nSPS) is 10.8. The maximum Gasteiger partial charge on any atom is 0.411 e. The Bertz CT molecular complexity index is 546. The summed E-state index contributed by atoms with van der Waals surface area (Å²) in [6.45, 7) is 2.67. The van der Waals surface area contributed by atoms with E-state index in [0.29, 0.717) is 24.6 Å². The Morgan fingerprint density at radius 2 is 1.21 bits per heavy atom. The molecule has 0 unspecified atom stereocenters. The molecule has 0 spiro atoms. The standard InChI is InChI=1S/C20H34N4O4/c1-23(2)12-5-7-14-27-19(25)21-17-10-9-11-18(16-17)22-20(26)28-15-8-6-13-24(3)4/h9-11,16H,5-8,12-15H2,1-4H3,(H,21,25)(H,22,26). The van der Waals surface area contributed by atoms with Gasteiger partial charge in [0.1, 0.15) is 0 Å². The number of hydrogen-bond acceptors (Lipinski definition) is 6. The summed E-state index contributed by atoms with van der Waals surface area (Å²) in [7, 11) is 8.04. The van der Waals surface area contributed by atoms with E-state index in [0.717, 1.165) is 38.8 Å². The molecule has 0 atom stereocenters. The van der Waals surface area contributed by atoms with Gasteiger partial charge in [-0.3, -0.25) is 10.6 Å². The molecule has 0 aromatic heterocycles. The van der Waals surface area contributed by atoms with E-state index in [4.69, 9.17) is 9.47 Å². The second-order valence-corrected chi connectivity index (χ2v) is 7.12. The zero-order valence-electron chi connectivity index (χ0n) is 17.5. The van der Waals surface area contributed by atoms with E-state index < -0.39 is 12.2 Å². The Kier molecular flexibility index (Phi) is 11.7. The summed E-state index contributed by atoms with van der Waals surface area (Å²) in [4.78, 5) is 27.9. The van der Waals surface area contributed by atoms with Gasteiger partial charge in [-0.1, -0.05) is 6.07 Å². The van der Waals surface area contributed by atoms with E-state index >= 15 is 0 Å². The molecule has 1 aromatic carbocycles. The van der Waals surface area contributed by atoms with Crippen molar-refractivity contribution in [1.82, 2.24) is 9.80 Å². The highest BCUT2D eigenvalue weighted by Gasteiger charge is 2.07. The molecule has 8 heteroatoms. The summed E-state index contributed by atoms with van der Waals surface area (Å²) in [5.41, 5.74) is 1.09. The third-order valence-corrected chi connectivity index (χ3v) is 3.82. The molecule has 0 fully saturated rings. The molecule has 158 valence electrons. The van der Waals surface area contributed by atoms with Gasteiger partial charge in [-0.2, -0.15) is 0 Å². The number of carbonyl (C=O) groups is 2. The molecule has 1 rings (SSSR count). The Hall–Kier alpha value is -2.32. The van der Waals surface area contributed by atoms with Gasteiger partial charge in [0.15, 0.2) is 0 Å². The first-order valence-corrected chi connectivity index (χ1v) is 9.64. The molecule has 2 N–H and O–H groups in total. The van der Waals surface area contributed by atoms with Crippen molar-refractivity contribution in [3.63, 3.8) is 0 Å². The lowest BCUT2D eigenvalue weighted by Crippen LogP contribution is -2.17. The van der Waals surface area contributed by atoms with Crippen LogP contribution in [0.25, 0.3) is 0 Å². The third-order valence-electron chi connectivity index (χ3n) is 3.82. The van der Waals surface area contributed by atoms with Gasteiger partial charge in [0, 0.05) is 11.4 Å². The van der Waals surface area contributed by atoms with Crippen molar-refractivity contribution >= 4 is 23.6 Å². The van der Waals surface area contributed by atoms with Crippen LogP contribution in [0.15, 0.2) is 24.3 Å². The number of nitrogens with zero attached hydrogens (tertiary/aromatic N) is 2. The number of unbranched alkanes of at least 4 members (excludes halogenated alkanes) is 2. The lowest BCUT2D eigenvalue weighted by molar-refractivity contribution is 0.157. The van der Waals surface area contributed by atoms with Gasteiger partial charge in [0.2, 0.25) is 0 Å². The Balaban J connectivity index is 2.28. The number of carbonyl (C=O) groups excluding carboxylic acids is 2. The quantitative estimate of drug-likeness (QED) is 0.528. The zero-order chi connectivity index (χ0) is 20.8. The molecule has 0 aliphatic rings. The molecule has 1 aromatic rings. The minimum Gasteiger partial charge on any atom is -0.449 e. The van der Waals surface area contributed by atoms with E-state index in [9.17, 15) is 9.59 Å². The van der Waals surface area contributed by atoms with Crippen molar-refractivity contribution in [2.45, 2.75) is 25.7 Å². The van der Waals surface area contributed by atoms with Crippen LogP contribution in [0.3, 0.4) is 0 Å². The first kappa shape index (κ1) is 23.7. The van der Waals surface area contributed by atoms with Gasteiger partial charge in [0.05, 0.1) is 13.2 Å². The van der Waals surface area contributed by atoms with Crippen LogP contribution < -0.4 is 10.6 Å². The lowest BCUT2D eigenvalue weighted by atomic mass is 10.3. The number of benzene rings is 1. The number of ether oxygens (including phenoxy) is 2. The Labute approximate surface area is 168 Å². The third kappa shape index (κ3) is 12.1. The molecule has 28 heavy (non-hydrogen) atoms. The fourth-order valence-electron chi connectivity index (χ4n) is 2.37.